The van der Waals surface area contributed by atoms with E-state index >= 15 is 0 Å². The summed E-state index contributed by atoms with van der Waals surface area (Å²) < 4.78 is 0. The molecule has 0 bridgehead atoms. The molecule has 5 heteroatoms. The first-order chi connectivity index (χ1) is 10.6. The highest BCUT2D eigenvalue weighted by atomic mass is 16.1. The molecule has 1 saturated heterocycles. The number of carbonyl (C=O) groups is 1. The molecule has 116 valence electrons. The summed E-state index contributed by atoms with van der Waals surface area (Å²) in [6, 6.07) is 7.66. The summed E-state index contributed by atoms with van der Waals surface area (Å²) in [6.07, 6.45) is 11.7. The maximum Gasteiger partial charge on any atom is 0.255 e. The minimum Gasteiger partial charge on any atom is -0.368 e. The number of carbonyl (C=O) groups excluding carboxylic acids is 1. The summed E-state index contributed by atoms with van der Waals surface area (Å²) in [7, 11) is 0. The zero-order valence-corrected chi connectivity index (χ0v) is 12.6. The fraction of sp³-hybridized carbons (Fsp3) is 0.294. The summed E-state index contributed by atoms with van der Waals surface area (Å²) in [5, 5.41) is 4.73. The van der Waals surface area contributed by atoms with E-state index in [1.807, 2.05) is 31.2 Å². The highest BCUT2D eigenvalue weighted by Gasteiger charge is 2.18. The van der Waals surface area contributed by atoms with Crippen LogP contribution in [0.15, 0.2) is 35.3 Å². The second kappa shape index (κ2) is 8.65. The molecule has 22 heavy (non-hydrogen) atoms. The zero-order chi connectivity index (χ0) is 16.5. The number of aryl methyl sites for hydroxylation is 1. The third-order valence-corrected chi connectivity index (χ3v) is 3.33. The van der Waals surface area contributed by atoms with Crippen LogP contribution in [0.2, 0.25) is 0 Å². The van der Waals surface area contributed by atoms with Crippen LogP contribution in [-0.4, -0.2) is 23.5 Å². The predicted octanol–water partition coefficient (Wildman–Crippen LogP) is 1.31. The van der Waals surface area contributed by atoms with Crippen molar-refractivity contribution in [2.45, 2.75) is 25.8 Å². The fourth-order valence-corrected chi connectivity index (χ4v) is 2.24. The van der Waals surface area contributed by atoms with Gasteiger partial charge in [-0.05, 0) is 43.8 Å². The number of benzene rings is 1. The van der Waals surface area contributed by atoms with Crippen LogP contribution in [0.4, 0.5) is 0 Å². The van der Waals surface area contributed by atoms with Gasteiger partial charge in [-0.1, -0.05) is 17.7 Å². The highest BCUT2D eigenvalue weighted by molar-refractivity contribution is 5.81. The lowest BCUT2D eigenvalue weighted by Crippen LogP contribution is -2.36. The second-order valence-electron chi connectivity index (χ2n) is 4.95. The lowest BCUT2D eigenvalue weighted by molar-refractivity contribution is -0.119. The molecule has 0 spiro atoms. The Bertz CT molecular complexity index is 698. The van der Waals surface area contributed by atoms with Crippen molar-refractivity contribution < 1.29 is 4.79 Å². The van der Waals surface area contributed by atoms with Gasteiger partial charge in [0.05, 0.1) is 6.04 Å². The van der Waals surface area contributed by atoms with Crippen molar-refractivity contribution >= 4 is 16.7 Å². The first-order valence-corrected chi connectivity index (χ1v) is 7.02. The summed E-state index contributed by atoms with van der Waals surface area (Å²) in [5.41, 5.74) is 6.15. The second-order valence-corrected chi connectivity index (χ2v) is 4.95. The maximum atomic E-state index is 11.2. The van der Waals surface area contributed by atoms with Crippen molar-refractivity contribution in [3.63, 3.8) is 0 Å². The molecule has 0 unspecified atom stereocenters. The Morgan fingerprint density at radius 3 is 2.59 bits per heavy atom. The van der Waals surface area contributed by atoms with Gasteiger partial charge in [-0.25, -0.2) is 0 Å². The molecule has 1 aromatic heterocycles. The number of nitrogens with two attached hydrogens (primary N) is 1. The molecule has 1 aromatic carbocycles. The van der Waals surface area contributed by atoms with Gasteiger partial charge in [0, 0.05) is 11.6 Å². The number of nitrogens with one attached hydrogen (secondary N) is 2. The molecule has 0 radical (unpaired) electrons. The molecular formula is C17H21N3O2. The van der Waals surface area contributed by atoms with E-state index in [0.717, 1.165) is 30.2 Å². The number of pyridine rings is 1. The third kappa shape index (κ3) is 4.76. The molecule has 0 saturated carbocycles. The van der Waals surface area contributed by atoms with Gasteiger partial charge < -0.3 is 16.0 Å². The lowest BCUT2D eigenvalue weighted by atomic mass is 10.1. The van der Waals surface area contributed by atoms with E-state index in [1.54, 1.807) is 6.20 Å². The number of amides is 1. The van der Waals surface area contributed by atoms with Gasteiger partial charge in [0.1, 0.15) is 0 Å². The topological polar surface area (TPSA) is 88.0 Å². The van der Waals surface area contributed by atoms with E-state index in [9.17, 15) is 9.59 Å². The third-order valence-electron chi connectivity index (χ3n) is 3.33. The fourth-order valence-electron chi connectivity index (χ4n) is 2.24. The van der Waals surface area contributed by atoms with Gasteiger partial charge in [-0.2, -0.15) is 0 Å². The van der Waals surface area contributed by atoms with Crippen molar-refractivity contribution in [2.24, 2.45) is 5.73 Å². The molecule has 1 atom stereocenters. The van der Waals surface area contributed by atoms with E-state index in [1.165, 1.54) is 5.56 Å². The molecule has 1 amide bonds. The number of hydrogen-bond acceptors (Lipinski definition) is 3. The number of fused-ring (bicyclic) bond motifs is 1. The van der Waals surface area contributed by atoms with Crippen LogP contribution in [0.3, 0.4) is 0 Å². The minimum atomic E-state index is -0.220. The Morgan fingerprint density at radius 2 is 2.05 bits per heavy atom. The standard InChI is InChI=1S/C10H9NO.C5H10N2O.C2H2/c1-7-2-3-9-8(6-7)4-5-11-10(9)12;6-5(8)4-2-1-3-7-4;1-2/h2-6H,1H3,(H,11,12);4,7H,1-3H2,(H2,6,8);1-2H/t;4-;/m.0./s1. The molecule has 5 nitrogen and oxygen atoms in total. The molecule has 2 aromatic rings. The largest absolute Gasteiger partial charge is 0.368 e. The Balaban J connectivity index is 0.000000211. The van der Waals surface area contributed by atoms with Crippen LogP contribution in [0, 0.1) is 19.8 Å². The van der Waals surface area contributed by atoms with Gasteiger partial charge in [-0.15, -0.1) is 12.8 Å². The average molecular weight is 299 g/mol. The molecule has 1 fully saturated rings. The van der Waals surface area contributed by atoms with Gasteiger partial charge in [0.2, 0.25) is 5.91 Å². The zero-order valence-electron chi connectivity index (χ0n) is 12.6. The van der Waals surface area contributed by atoms with Gasteiger partial charge in [-0.3, -0.25) is 9.59 Å². The first kappa shape index (κ1) is 17.5. The number of aromatic amines is 1. The van der Waals surface area contributed by atoms with Crippen LogP contribution < -0.4 is 16.6 Å². The van der Waals surface area contributed by atoms with E-state index in [4.69, 9.17) is 5.73 Å². The van der Waals surface area contributed by atoms with Gasteiger partial charge >= 0.3 is 0 Å². The van der Waals surface area contributed by atoms with Crippen molar-refractivity contribution in [3.05, 3.63) is 46.4 Å². The van der Waals surface area contributed by atoms with E-state index < -0.39 is 0 Å². The van der Waals surface area contributed by atoms with E-state index in [0.29, 0.717) is 0 Å². The van der Waals surface area contributed by atoms with Crippen LogP contribution in [-0.2, 0) is 4.79 Å². The molecule has 1 aliphatic rings. The first-order valence-electron chi connectivity index (χ1n) is 7.02. The maximum absolute atomic E-state index is 11.2. The van der Waals surface area contributed by atoms with Crippen molar-refractivity contribution in [3.8, 4) is 12.8 Å². The molecule has 1 aliphatic heterocycles. The summed E-state index contributed by atoms with van der Waals surface area (Å²) in [4.78, 5) is 24.2. The quantitative estimate of drug-likeness (QED) is 0.694. The highest BCUT2D eigenvalue weighted by Crippen LogP contribution is 2.10. The Labute approximate surface area is 129 Å². The number of rotatable bonds is 1. The van der Waals surface area contributed by atoms with Crippen molar-refractivity contribution in [2.75, 3.05) is 6.54 Å². The molecule has 2 heterocycles. The molecular weight excluding hydrogens is 278 g/mol. The number of terminal acetylenes is 1. The smallest absolute Gasteiger partial charge is 0.255 e. The van der Waals surface area contributed by atoms with Gasteiger partial charge in [0.25, 0.3) is 5.56 Å². The van der Waals surface area contributed by atoms with Crippen LogP contribution in [0.5, 0.6) is 0 Å². The summed E-state index contributed by atoms with van der Waals surface area (Å²) in [6.45, 7) is 2.95. The lowest BCUT2D eigenvalue weighted by Gasteiger charge is -2.01. The van der Waals surface area contributed by atoms with Crippen molar-refractivity contribution in [1.29, 1.82) is 0 Å². The number of aromatic nitrogens is 1. The number of hydrogen-bond donors (Lipinski definition) is 3. The summed E-state index contributed by atoms with van der Waals surface area (Å²) >= 11 is 0. The van der Waals surface area contributed by atoms with Crippen LogP contribution in [0.25, 0.3) is 10.8 Å². The number of primary amides is 1. The molecule has 3 rings (SSSR count). The Hall–Kier alpha value is -2.58. The molecule has 4 N–H and O–H groups in total. The summed E-state index contributed by atoms with van der Waals surface area (Å²) in [5.74, 6) is -0.220. The van der Waals surface area contributed by atoms with Gasteiger partial charge in [0.15, 0.2) is 0 Å². The Morgan fingerprint density at radius 1 is 1.32 bits per heavy atom. The van der Waals surface area contributed by atoms with Crippen LogP contribution in [0.1, 0.15) is 18.4 Å². The van der Waals surface area contributed by atoms with E-state index in [2.05, 4.69) is 23.1 Å². The minimum absolute atomic E-state index is 0.0208. The average Bonchev–Trinajstić information content (AvgIpc) is 3.04. The van der Waals surface area contributed by atoms with Crippen LogP contribution >= 0.6 is 0 Å². The SMILES string of the molecule is C#C.Cc1ccc2c(=O)[nH]ccc2c1.NC(=O)[C@@H]1CCCN1. The molecule has 0 aliphatic carbocycles. The normalized spacial score (nSPS) is 16.0. The predicted molar refractivity (Wildman–Crippen MR) is 89.4 cm³/mol. The van der Waals surface area contributed by atoms with Crippen molar-refractivity contribution in [1.82, 2.24) is 10.3 Å². The Kier molecular flexibility index (Phi) is 6.87. The van der Waals surface area contributed by atoms with E-state index in [-0.39, 0.29) is 17.5 Å². The number of H-pyrrole nitrogens is 1. The monoisotopic (exact) mass is 299 g/mol.